The molecule has 1 N–H and O–H groups in total. The zero-order valence-electron chi connectivity index (χ0n) is 22.7. The van der Waals surface area contributed by atoms with Crippen LogP contribution in [0.4, 0.5) is 13.2 Å². The third-order valence-electron chi connectivity index (χ3n) is 6.34. The molecule has 0 fully saturated rings. The minimum Gasteiger partial charge on any atom is -0.498 e. The van der Waals surface area contributed by atoms with Gasteiger partial charge in [0.05, 0.1) is 29.6 Å². The van der Waals surface area contributed by atoms with Gasteiger partial charge in [-0.1, -0.05) is 25.4 Å². The highest BCUT2D eigenvalue weighted by Gasteiger charge is 2.31. The third-order valence-corrected chi connectivity index (χ3v) is 6.69. The Hall–Kier alpha value is -3.70. The molecule has 4 aromatic rings. The van der Waals surface area contributed by atoms with E-state index in [4.69, 9.17) is 16.3 Å². The van der Waals surface area contributed by atoms with Crippen LogP contribution >= 0.6 is 11.6 Å². The third kappa shape index (κ3) is 5.35. The lowest BCUT2D eigenvalue weighted by atomic mass is 9.62. The quantitative estimate of drug-likeness (QED) is 0.341. The summed E-state index contributed by atoms with van der Waals surface area (Å²) in [6, 6.07) is 3.57. The first-order valence-electron chi connectivity index (χ1n) is 12.2. The highest BCUT2D eigenvalue weighted by atomic mass is 35.5. The van der Waals surface area contributed by atoms with Gasteiger partial charge in [0.25, 0.3) is 5.56 Å². The summed E-state index contributed by atoms with van der Waals surface area (Å²) in [4.78, 5) is 30.1. The van der Waals surface area contributed by atoms with Crippen LogP contribution in [0.15, 0.2) is 41.6 Å². The Morgan fingerprint density at radius 2 is 1.80 bits per heavy atom. The van der Waals surface area contributed by atoms with Gasteiger partial charge in [0.2, 0.25) is 0 Å². The maximum atomic E-state index is 16.1. The van der Waals surface area contributed by atoms with Gasteiger partial charge < -0.3 is 9.84 Å². The Bertz CT molecular complexity index is 1680. The van der Waals surface area contributed by atoms with E-state index in [9.17, 15) is 18.7 Å². The highest BCUT2D eigenvalue weighted by molar-refractivity contribution is 6.39. The van der Waals surface area contributed by atoms with Crippen LogP contribution in [-0.2, 0) is 10.8 Å². The van der Waals surface area contributed by atoms with Gasteiger partial charge in [-0.3, -0.25) is 19.3 Å². The van der Waals surface area contributed by atoms with Crippen molar-refractivity contribution >= 4 is 27.3 Å². The standard InChI is InChI=1S/C26H25B2ClF3N5O3/c1-12-9-34-20(16-5-6-33-24(36-16)25(3,4)11-38)19(32)21(12)37-13(2)7-17(18(29)23(37)39)40-26(27,28)22-15(31)8-14(30)10-35-22/h5-10,38H,11,27-28H2,1-4H3. The van der Waals surface area contributed by atoms with Gasteiger partial charge in [-0.2, -0.15) is 0 Å². The smallest absolute Gasteiger partial charge is 0.278 e. The number of rotatable bonds is 7. The zero-order chi connectivity index (χ0) is 29.6. The number of hydrogen-bond donors (Lipinski definition) is 1. The molecule has 206 valence electrons. The second-order valence-corrected chi connectivity index (χ2v) is 10.8. The van der Waals surface area contributed by atoms with Gasteiger partial charge in [-0.05, 0) is 25.5 Å². The van der Waals surface area contributed by atoms with E-state index in [0.29, 0.717) is 17.5 Å². The van der Waals surface area contributed by atoms with Gasteiger partial charge in [0.1, 0.15) is 39.6 Å². The summed E-state index contributed by atoms with van der Waals surface area (Å²) < 4.78 is 50.9. The molecule has 0 saturated heterocycles. The van der Waals surface area contributed by atoms with Gasteiger partial charge in [-0.25, -0.2) is 23.1 Å². The molecule has 4 aromatic heterocycles. The molecule has 0 amide bonds. The van der Waals surface area contributed by atoms with Crippen molar-refractivity contribution < 1.29 is 23.0 Å². The minimum absolute atomic E-state index is 0.0880. The molecule has 0 atom stereocenters. The van der Waals surface area contributed by atoms with Crippen molar-refractivity contribution in [2.24, 2.45) is 0 Å². The fourth-order valence-corrected chi connectivity index (χ4v) is 4.30. The molecule has 0 saturated carbocycles. The van der Waals surface area contributed by atoms with Crippen LogP contribution in [-0.4, -0.2) is 51.9 Å². The molecule has 4 rings (SSSR count). The summed E-state index contributed by atoms with van der Waals surface area (Å²) in [6.45, 7) is 6.40. The average Bonchev–Trinajstić information content (AvgIpc) is 2.88. The Morgan fingerprint density at radius 3 is 2.45 bits per heavy atom. The maximum Gasteiger partial charge on any atom is 0.278 e. The topological polar surface area (TPSA) is 103 Å². The Kier molecular flexibility index (Phi) is 7.83. The first-order valence-corrected chi connectivity index (χ1v) is 12.6. The molecule has 0 radical (unpaired) electrons. The summed E-state index contributed by atoms with van der Waals surface area (Å²) in [5, 5.41) is 7.87. The van der Waals surface area contributed by atoms with Crippen molar-refractivity contribution in [1.82, 2.24) is 24.5 Å². The number of nitrogens with zero attached hydrogens (tertiary/aromatic N) is 5. The van der Waals surface area contributed by atoms with Crippen LogP contribution in [0, 0.1) is 31.3 Å². The Labute approximate surface area is 235 Å². The van der Waals surface area contributed by atoms with Crippen molar-refractivity contribution in [2.45, 2.75) is 38.5 Å². The molecule has 8 nitrogen and oxygen atoms in total. The van der Waals surface area contributed by atoms with Crippen LogP contribution in [0.2, 0.25) is 5.02 Å². The molecule has 0 bridgehead atoms. The van der Waals surface area contributed by atoms with Crippen molar-refractivity contribution in [3.05, 3.63) is 92.4 Å². The first kappa shape index (κ1) is 29.3. The number of aliphatic hydroxyl groups excluding tert-OH is 1. The van der Waals surface area contributed by atoms with Crippen molar-refractivity contribution in [3.8, 4) is 22.8 Å². The van der Waals surface area contributed by atoms with Crippen molar-refractivity contribution in [2.75, 3.05) is 6.61 Å². The minimum atomic E-state index is -1.44. The van der Waals surface area contributed by atoms with Crippen molar-refractivity contribution in [3.63, 3.8) is 0 Å². The molecule has 0 aliphatic heterocycles. The lowest BCUT2D eigenvalue weighted by Crippen LogP contribution is -2.37. The van der Waals surface area contributed by atoms with Gasteiger partial charge in [0.15, 0.2) is 21.5 Å². The molecule has 0 unspecified atom stereocenters. The molecule has 4 heterocycles. The normalized spacial score (nSPS) is 12.0. The average molecular weight is 570 g/mol. The molecule has 0 aliphatic rings. The molecule has 0 aliphatic carbocycles. The maximum absolute atomic E-state index is 16.1. The van der Waals surface area contributed by atoms with E-state index in [1.165, 1.54) is 40.2 Å². The van der Waals surface area contributed by atoms with Gasteiger partial charge >= 0.3 is 0 Å². The van der Waals surface area contributed by atoms with Crippen molar-refractivity contribution in [1.29, 1.82) is 0 Å². The number of hydrogen-bond acceptors (Lipinski definition) is 7. The largest absolute Gasteiger partial charge is 0.498 e. The van der Waals surface area contributed by atoms with E-state index in [0.717, 1.165) is 10.8 Å². The zero-order valence-corrected chi connectivity index (χ0v) is 23.4. The second-order valence-electron chi connectivity index (χ2n) is 10.5. The van der Waals surface area contributed by atoms with E-state index in [-0.39, 0.29) is 45.8 Å². The fraction of sp³-hybridized carbons (Fsp3) is 0.269. The summed E-state index contributed by atoms with van der Waals surface area (Å²) in [5.74, 6) is -2.39. The summed E-state index contributed by atoms with van der Waals surface area (Å²) in [5.41, 5.74) is -1.21. The van der Waals surface area contributed by atoms with Crippen LogP contribution in [0.1, 0.15) is 36.6 Å². The predicted octanol–water partition coefficient (Wildman–Crippen LogP) is 2.50. The highest BCUT2D eigenvalue weighted by Crippen LogP contribution is 2.32. The Balaban J connectivity index is 1.82. The van der Waals surface area contributed by atoms with Crippen LogP contribution in [0.5, 0.6) is 5.75 Å². The monoisotopic (exact) mass is 569 g/mol. The molecular formula is C26H25B2ClF3N5O3. The van der Waals surface area contributed by atoms with Crippen LogP contribution in [0.3, 0.4) is 0 Å². The summed E-state index contributed by atoms with van der Waals surface area (Å²) in [6.07, 6.45) is 3.70. The lowest BCUT2D eigenvalue weighted by molar-refractivity contribution is 0.212. The summed E-state index contributed by atoms with van der Waals surface area (Å²) >= 11 is 6.41. The lowest BCUT2D eigenvalue weighted by Gasteiger charge is -2.28. The van der Waals surface area contributed by atoms with E-state index >= 15 is 4.39 Å². The molecule has 40 heavy (non-hydrogen) atoms. The fourth-order valence-electron chi connectivity index (χ4n) is 4.12. The second kappa shape index (κ2) is 10.7. The number of halogens is 4. The van der Waals surface area contributed by atoms with E-state index in [2.05, 4.69) is 19.9 Å². The number of aromatic nitrogens is 5. The molecule has 14 heteroatoms. The molecule has 0 aromatic carbocycles. The van der Waals surface area contributed by atoms with E-state index in [1.807, 2.05) is 0 Å². The number of ether oxygens (including phenoxy) is 1. The Morgan fingerprint density at radius 1 is 1.10 bits per heavy atom. The molecule has 0 spiro atoms. The van der Waals surface area contributed by atoms with E-state index in [1.54, 1.807) is 27.7 Å². The van der Waals surface area contributed by atoms with Crippen LogP contribution < -0.4 is 10.3 Å². The number of pyridine rings is 3. The molecular weight excluding hydrogens is 544 g/mol. The number of aryl methyl sites for hydroxylation is 2. The van der Waals surface area contributed by atoms with Crippen LogP contribution in [0.25, 0.3) is 17.1 Å². The predicted molar refractivity (Wildman–Crippen MR) is 149 cm³/mol. The van der Waals surface area contributed by atoms with Gasteiger partial charge in [0, 0.05) is 35.6 Å². The summed E-state index contributed by atoms with van der Waals surface area (Å²) in [7, 11) is 2.97. The first-order chi connectivity index (χ1) is 18.7. The van der Waals surface area contributed by atoms with Gasteiger partial charge in [-0.15, -0.1) is 0 Å². The SMILES string of the molecule is BC(B)(Oc1cc(C)n(-c2c(C)cnc(-c3ccnc(C(C)(C)CO)n3)c2F)c(=O)c1Cl)c1ncc(F)cc1F. The number of aliphatic hydroxyl groups is 1. The van der Waals surface area contributed by atoms with E-state index < -0.39 is 33.8 Å².